The first-order valence-corrected chi connectivity index (χ1v) is 9.58. The first kappa shape index (κ1) is 20.0. The number of para-hydroxylation sites is 2. The Bertz CT molecular complexity index is 885. The van der Waals surface area contributed by atoms with Gasteiger partial charge in [-0.1, -0.05) is 23.7 Å². The number of carbonyl (C=O) groups is 2. The van der Waals surface area contributed by atoms with E-state index in [-0.39, 0.29) is 18.2 Å². The predicted molar refractivity (Wildman–Crippen MR) is 112 cm³/mol. The van der Waals surface area contributed by atoms with E-state index in [4.69, 9.17) is 16.3 Å². The van der Waals surface area contributed by atoms with Gasteiger partial charge in [-0.3, -0.25) is 9.59 Å². The second-order valence-corrected chi connectivity index (χ2v) is 7.29. The van der Waals surface area contributed by atoms with Gasteiger partial charge in [0.05, 0.1) is 29.6 Å². The van der Waals surface area contributed by atoms with E-state index in [0.29, 0.717) is 35.3 Å². The number of amides is 2. The van der Waals surface area contributed by atoms with E-state index in [9.17, 15) is 9.59 Å². The third-order valence-corrected chi connectivity index (χ3v) is 4.89. The number of hydrogen-bond acceptors (Lipinski definition) is 4. The molecule has 0 saturated carbocycles. The van der Waals surface area contributed by atoms with Gasteiger partial charge in [0, 0.05) is 32.1 Å². The molecule has 0 radical (unpaired) electrons. The molecule has 7 heteroatoms. The van der Waals surface area contributed by atoms with Gasteiger partial charge in [0.1, 0.15) is 5.75 Å². The van der Waals surface area contributed by atoms with Crippen LogP contribution in [0.25, 0.3) is 0 Å². The molecule has 2 aromatic carbocycles. The Labute approximate surface area is 170 Å². The highest BCUT2D eigenvalue weighted by Crippen LogP contribution is 2.34. The lowest BCUT2D eigenvalue weighted by atomic mass is 10.1. The van der Waals surface area contributed by atoms with Crippen LogP contribution in [0, 0.1) is 5.92 Å². The third kappa shape index (κ3) is 4.22. The topological polar surface area (TPSA) is 61.9 Å². The standard InChI is InChI=1S/C21H24ClN3O3/c1-4-28-19-8-6-5-7-18(19)25-13-14(11-20(25)26)21(27)23-16-12-15(22)9-10-17(16)24(2)3/h5-10,12,14H,4,11,13H2,1-3H3,(H,23,27). The maximum atomic E-state index is 12.9. The summed E-state index contributed by atoms with van der Waals surface area (Å²) in [5.41, 5.74) is 2.17. The minimum atomic E-state index is -0.448. The molecule has 148 valence electrons. The summed E-state index contributed by atoms with van der Waals surface area (Å²) in [6.07, 6.45) is 0.157. The molecule has 1 N–H and O–H groups in total. The van der Waals surface area contributed by atoms with Crippen LogP contribution >= 0.6 is 11.6 Å². The lowest BCUT2D eigenvalue weighted by Crippen LogP contribution is -2.28. The molecule has 28 heavy (non-hydrogen) atoms. The molecule has 2 amide bonds. The molecule has 1 fully saturated rings. The number of nitrogens with one attached hydrogen (secondary N) is 1. The zero-order valence-corrected chi connectivity index (χ0v) is 17.0. The van der Waals surface area contributed by atoms with Crippen molar-refractivity contribution in [2.45, 2.75) is 13.3 Å². The van der Waals surface area contributed by atoms with Gasteiger partial charge in [0.2, 0.25) is 11.8 Å². The van der Waals surface area contributed by atoms with Crippen molar-refractivity contribution in [3.05, 3.63) is 47.5 Å². The van der Waals surface area contributed by atoms with E-state index in [0.717, 1.165) is 5.69 Å². The van der Waals surface area contributed by atoms with Crippen LogP contribution in [0.3, 0.4) is 0 Å². The molecule has 0 aliphatic carbocycles. The Hall–Kier alpha value is -2.73. The highest BCUT2D eigenvalue weighted by Gasteiger charge is 2.36. The Morgan fingerprint density at radius 3 is 2.75 bits per heavy atom. The van der Waals surface area contributed by atoms with Crippen molar-refractivity contribution in [2.75, 3.05) is 42.4 Å². The summed E-state index contributed by atoms with van der Waals surface area (Å²) in [6, 6.07) is 12.7. The number of ether oxygens (including phenoxy) is 1. The van der Waals surface area contributed by atoms with Gasteiger partial charge in [-0.15, -0.1) is 0 Å². The van der Waals surface area contributed by atoms with Crippen LogP contribution in [0.15, 0.2) is 42.5 Å². The van der Waals surface area contributed by atoms with Crippen molar-refractivity contribution in [1.82, 2.24) is 0 Å². The Morgan fingerprint density at radius 1 is 1.29 bits per heavy atom. The molecular formula is C21H24ClN3O3. The molecule has 0 spiro atoms. The van der Waals surface area contributed by atoms with E-state index in [1.54, 1.807) is 17.0 Å². The largest absolute Gasteiger partial charge is 0.492 e. The number of anilines is 3. The normalized spacial score (nSPS) is 16.2. The maximum absolute atomic E-state index is 12.9. The summed E-state index contributed by atoms with van der Waals surface area (Å²) >= 11 is 6.09. The Morgan fingerprint density at radius 2 is 2.04 bits per heavy atom. The lowest BCUT2D eigenvalue weighted by Gasteiger charge is -2.21. The van der Waals surface area contributed by atoms with Crippen molar-refractivity contribution in [3.8, 4) is 5.75 Å². The van der Waals surface area contributed by atoms with Crippen LogP contribution in [0.4, 0.5) is 17.1 Å². The molecule has 1 atom stereocenters. The summed E-state index contributed by atoms with van der Waals surface area (Å²) in [4.78, 5) is 29.0. The third-order valence-electron chi connectivity index (χ3n) is 4.65. The molecule has 0 bridgehead atoms. The fraction of sp³-hybridized carbons (Fsp3) is 0.333. The van der Waals surface area contributed by atoms with Gasteiger partial charge in [-0.05, 0) is 37.3 Å². The quantitative estimate of drug-likeness (QED) is 0.799. The van der Waals surface area contributed by atoms with Crippen molar-refractivity contribution in [3.63, 3.8) is 0 Å². The van der Waals surface area contributed by atoms with Crippen LogP contribution in [0.1, 0.15) is 13.3 Å². The van der Waals surface area contributed by atoms with Crippen molar-refractivity contribution < 1.29 is 14.3 Å². The molecule has 1 aliphatic heterocycles. The molecule has 1 aliphatic rings. The second-order valence-electron chi connectivity index (χ2n) is 6.85. The minimum Gasteiger partial charge on any atom is -0.492 e. The summed E-state index contributed by atoms with van der Waals surface area (Å²) in [7, 11) is 3.79. The zero-order chi connectivity index (χ0) is 20.3. The first-order valence-electron chi connectivity index (χ1n) is 9.20. The minimum absolute atomic E-state index is 0.0915. The predicted octanol–water partition coefficient (Wildman–Crippen LogP) is 3.80. The summed E-state index contributed by atoms with van der Waals surface area (Å²) in [5.74, 6) is -0.0957. The molecule has 6 nitrogen and oxygen atoms in total. The maximum Gasteiger partial charge on any atom is 0.229 e. The molecular weight excluding hydrogens is 378 g/mol. The van der Waals surface area contributed by atoms with E-state index < -0.39 is 5.92 Å². The summed E-state index contributed by atoms with van der Waals surface area (Å²) < 4.78 is 5.63. The number of rotatable bonds is 6. The number of halogens is 1. The van der Waals surface area contributed by atoms with Gasteiger partial charge in [0.15, 0.2) is 0 Å². The van der Waals surface area contributed by atoms with E-state index in [2.05, 4.69) is 5.32 Å². The van der Waals surface area contributed by atoms with Crippen molar-refractivity contribution in [1.29, 1.82) is 0 Å². The molecule has 0 aromatic heterocycles. The Kier molecular flexibility index (Phi) is 6.09. The van der Waals surface area contributed by atoms with Crippen molar-refractivity contribution in [2.24, 2.45) is 5.92 Å². The summed E-state index contributed by atoms with van der Waals surface area (Å²) in [5, 5.41) is 3.47. The molecule has 1 saturated heterocycles. The van der Waals surface area contributed by atoms with Crippen LogP contribution < -0.4 is 19.9 Å². The highest BCUT2D eigenvalue weighted by molar-refractivity contribution is 6.31. The SMILES string of the molecule is CCOc1ccccc1N1CC(C(=O)Nc2cc(Cl)ccc2N(C)C)CC1=O. The van der Waals surface area contributed by atoms with Gasteiger partial charge >= 0.3 is 0 Å². The van der Waals surface area contributed by atoms with Crippen LogP contribution in [0.5, 0.6) is 5.75 Å². The van der Waals surface area contributed by atoms with Gasteiger partial charge in [0.25, 0.3) is 0 Å². The first-order chi connectivity index (χ1) is 13.4. The number of carbonyl (C=O) groups excluding carboxylic acids is 2. The van der Waals surface area contributed by atoms with E-state index in [1.165, 1.54) is 0 Å². The second kappa shape index (κ2) is 8.52. The monoisotopic (exact) mass is 401 g/mol. The summed E-state index contributed by atoms with van der Waals surface area (Å²) in [6.45, 7) is 2.71. The van der Waals surface area contributed by atoms with Crippen LogP contribution in [-0.4, -0.2) is 39.1 Å². The zero-order valence-electron chi connectivity index (χ0n) is 16.2. The number of benzene rings is 2. The van der Waals surface area contributed by atoms with E-state index >= 15 is 0 Å². The molecule has 3 rings (SSSR count). The fourth-order valence-corrected chi connectivity index (χ4v) is 3.48. The van der Waals surface area contributed by atoms with E-state index in [1.807, 2.05) is 56.3 Å². The average Bonchev–Trinajstić information content (AvgIpc) is 3.04. The van der Waals surface area contributed by atoms with Crippen LogP contribution in [0.2, 0.25) is 5.02 Å². The van der Waals surface area contributed by atoms with Gasteiger partial charge < -0.3 is 19.9 Å². The number of nitrogens with zero attached hydrogens (tertiary/aromatic N) is 2. The lowest BCUT2D eigenvalue weighted by molar-refractivity contribution is -0.122. The average molecular weight is 402 g/mol. The van der Waals surface area contributed by atoms with Crippen molar-refractivity contribution >= 4 is 40.5 Å². The molecule has 1 heterocycles. The smallest absolute Gasteiger partial charge is 0.229 e. The van der Waals surface area contributed by atoms with Gasteiger partial charge in [-0.25, -0.2) is 0 Å². The molecule has 2 aromatic rings. The van der Waals surface area contributed by atoms with Crippen LogP contribution in [-0.2, 0) is 9.59 Å². The molecule has 1 unspecified atom stereocenters. The Balaban J connectivity index is 1.77. The van der Waals surface area contributed by atoms with Gasteiger partial charge in [-0.2, -0.15) is 0 Å². The fourth-order valence-electron chi connectivity index (χ4n) is 3.31. The highest BCUT2D eigenvalue weighted by atomic mass is 35.5. The number of hydrogen-bond donors (Lipinski definition) is 1.